The van der Waals surface area contributed by atoms with Gasteiger partial charge >= 0.3 is 0 Å². The van der Waals surface area contributed by atoms with Crippen molar-refractivity contribution in [2.75, 3.05) is 0 Å². The number of hydrogen-bond donors (Lipinski definition) is 0. The van der Waals surface area contributed by atoms with Crippen molar-refractivity contribution in [3.05, 3.63) is 50.5 Å². The summed E-state index contributed by atoms with van der Waals surface area (Å²) in [4.78, 5) is 13.7. The van der Waals surface area contributed by atoms with Gasteiger partial charge in [0.2, 0.25) is 0 Å². The predicted octanol–water partition coefficient (Wildman–Crippen LogP) is 4.34. The molecule has 1 nitrogen and oxygen atoms in total. The van der Waals surface area contributed by atoms with Gasteiger partial charge < -0.3 is 0 Å². The fraction of sp³-hybridized carbons (Fsp3) is 0.312. The highest BCUT2D eigenvalue weighted by molar-refractivity contribution is 7.19. The van der Waals surface area contributed by atoms with Crippen molar-refractivity contribution in [2.24, 2.45) is 0 Å². The third-order valence-electron chi connectivity index (χ3n) is 3.54. The van der Waals surface area contributed by atoms with Gasteiger partial charge in [0.15, 0.2) is 5.43 Å². The number of rotatable bonds is 1. The van der Waals surface area contributed by atoms with Crippen LogP contribution in [0.3, 0.4) is 0 Å². The van der Waals surface area contributed by atoms with Crippen LogP contribution in [0.5, 0.6) is 0 Å². The molecule has 0 aliphatic heterocycles. The second kappa shape index (κ2) is 4.36. The fourth-order valence-electron chi connectivity index (χ4n) is 2.42. The lowest BCUT2D eigenvalue weighted by Crippen LogP contribution is -2.12. The summed E-state index contributed by atoms with van der Waals surface area (Å²) in [5.74, 6) is 0.467. The van der Waals surface area contributed by atoms with Gasteiger partial charge in [-0.1, -0.05) is 26.0 Å². The zero-order chi connectivity index (χ0) is 12.7. The molecule has 1 heterocycles. The SMILES string of the molecule is CC(C)c1ccc2sc3c(c(=O)c2c1)CCC=C3. The largest absolute Gasteiger partial charge is 0.289 e. The molecule has 1 aromatic heterocycles. The van der Waals surface area contributed by atoms with Crippen LogP contribution >= 0.6 is 11.3 Å². The maximum absolute atomic E-state index is 12.5. The molecule has 0 radical (unpaired) electrons. The first-order chi connectivity index (χ1) is 8.66. The molecular formula is C16H16OS. The molecule has 0 saturated heterocycles. The number of benzene rings is 1. The summed E-state index contributed by atoms with van der Waals surface area (Å²) in [5, 5.41) is 0.903. The molecule has 0 spiro atoms. The molecular weight excluding hydrogens is 240 g/mol. The second-order valence-electron chi connectivity index (χ2n) is 5.13. The first-order valence-corrected chi connectivity index (χ1v) is 7.24. The van der Waals surface area contributed by atoms with Gasteiger partial charge in [-0.05, 0) is 42.5 Å². The Balaban J connectivity index is 2.34. The smallest absolute Gasteiger partial charge is 0.191 e. The van der Waals surface area contributed by atoms with Crippen molar-refractivity contribution in [3.63, 3.8) is 0 Å². The first-order valence-electron chi connectivity index (χ1n) is 6.43. The Labute approximate surface area is 111 Å². The van der Waals surface area contributed by atoms with E-state index >= 15 is 0 Å². The lowest BCUT2D eigenvalue weighted by Gasteiger charge is -2.11. The predicted molar refractivity (Wildman–Crippen MR) is 79.5 cm³/mol. The van der Waals surface area contributed by atoms with E-state index in [0.717, 1.165) is 33.4 Å². The molecule has 2 heteroatoms. The third-order valence-corrected chi connectivity index (χ3v) is 4.71. The topological polar surface area (TPSA) is 17.1 Å². The summed E-state index contributed by atoms with van der Waals surface area (Å²) < 4.78 is 1.11. The van der Waals surface area contributed by atoms with E-state index in [-0.39, 0.29) is 5.43 Å². The molecule has 0 N–H and O–H groups in total. The Morgan fingerprint density at radius 3 is 2.89 bits per heavy atom. The standard InChI is InChI=1S/C16H16OS/c1-10(2)11-7-8-15-13(9-11)16(17)12-5-3-4-6-14(12)18-15/h4,6-10H,3,5H2,1-2H3. The molecule has 0 saturated carbocycles. The van der Waals surface area contributed by atoms with Gasteiger partial charge in [-0.15, -0.1) is 11.3 Å². The lowest BCUT2D eigenvalue weighted by atomic mass is 9.99. The average molecular weight is 256 g/mol. The van der Waals surface area contributed by atoms with Crippen LogP contribution in [0, 0.1) is 0 Å². The second-order valence-corrected chi connectivity index (χ2v) is 6.21. The van der Waals surface area contributed by atoms with Crippen molar-refractivity contribution in [2.45, 2.75) is 32.6 Å². The summed E-state index contributed by atoms with van der Waals surface area (Å²) in [5.41, 5.74) is 2.50. The van der Waals surface area contributed by atoms with Gasteiger partial charge in [0.25, 0.3) is 0 Å². The molecule has 0 fully saturated rings. The molecule has 1 aliphatic carbocycles. The molecule has 0 atom stereocenters. The summed E-state index contributed by atoms with van der Waals surface area (Å²) in [6.07, 6.45) is 6.14. The van der Waals surface area contributed by atoms with Crippen LogP contribution in [0.1, 0.15) is 42.2 Å². The third kappa shape index (κ3) is 1.81. The van der Waals surface area contributed by atoms with E-state index in [0.29, 0.717) is 5.92 Å². The van der Waals surface area contributed by atoms with Gasteiger partial charge in [-0.3, -0.25) is 4.79 Å². The zero-order valence-electron chi connectivity index (χ0n) is 10.7. The van der Waals surface area contributed by atoms with Crippen molar-refractivity contribution < 1.29 is 0 Å². The van der Waals surface area contributed by atoms with E-state index in [1.807, 2.05) is 0 Å². The van der Waals surface area contributed by atoms with Crippen LogP contribution in [0.25, 0.3) is 16.2 Å². The van der Waals surface area contributed by atoms with Crippen molar-refractivity contribution in [1.29, 1.82) is 0 Å². The van der Waals surface area contributed by atoms with Crippen LogP contribution in [0.2, 0.25) is 0 Å². The number of allylic oxidation sites excluding steroid dienone is 1. The summed E-state index contributed by atoms with van der Waals surface area (Å²) >= 11 is 1.74. The summed E-state index contributed by atoms with van der Waals surface area (Å²) in [6, 6.07) is 6.32. The van der Waals surface area contributed by atoms with Crippen molar-refractivity contribution >= 4 is 27.5 Å². The Hall–Kier alpha value is -1.41. The van der Waals surface area contributed by atoms with Crippen LogP contribution < -0.4 is 5.43 Å². The van der Waals surface area contributed by atoms with E-state index in [4.69, 9.17) is 0 Å². The quantitative estimate of drug-likeness (QED) is 0.741. The highest BCUT2D eigenvalue weighted by atomic mass is 32.1. The normalized spacial score (nSPS) is 14.2. The Morgan fingerprint density at radius 2 is 2.11 bits per heavy atom. The average Bonchev–Trinajstić information content (AvgIpc) is 2.38. The molecule has 1 aliphatic rings. The van der Waals surface area contributed by atoms with Crippen molar-refractivity contribution in [1.82, 2.24) is 0 Å². The molecule has 3 rings (SSSR count). The molecule has 92 valence electrons. The van der Waals surface area contributed by atoms with Gasteiger partial charge in [0.05, 0.1) is 0 Å². The van der Waals surface area contributed by atoms with E-state index in [1.54, 1.807) is 11.3 Å². The van der Waals surface area contributed by atoms with Gasteiger partial charge in [0, 0.05) is 20.5 Å². The monoisotopic (exact) mass is 256 g/mol. The molecule has 0 bridgehead atoms. The molecule has 2 aromatic rings. The Kier molecular flexibility index (Phi) is 2.83. The minimum absolute atomic E-state index is 0.241. The highest BCUT2D eigenvalue weighted by Crippen LogP contribution is 2.28. The zero-order valence-corrected chi connectivity index (χ0v) is 11.5. The minimum Gasteiger partial charge on any atom is -0.289 e. The maximum atomic E-state index is 12.5. The first kappa shape index (κ1) is 11.7. The van der Waals surface area contributed by atoms with Crippen LogP contribution in [-0.2, 0) is 6.42 Å². The van der Waals surface area contributed by atoms with Gasteiger partial charge in [0.1, 0.15) is 0 Å². The van der Waals surface area contributed by atoms with E-state index in [2.05, 4.69) is 44.2 Å². The maximum Gasteiger partial charge on any atom is 0.191 e. The Bertz CT molecular complexity index is 692. The van der Waals surface area contributed by atoms with E-state index in [1.165, 1.54) is 5.56 Å². The molecule has 1 aromatic carbocycles. The van der Waals surface area contributed by atoms with Crippen LogP contribution in [0.15, 0.2) is 29.1 Å². The number of fused-ring (bicyclic) bond motifs is 2. The molecule has 0 amide bonds. The van der Waals surface area contributed by atoms with Crippen LogP contribution in [0.4, 0.5) is 0 Å². The van der Waals surface area contributed by atoms with Gasteiger partial charge in [-0.2, -0.15) is 0 Å². The van der Waals surface area contributed by atoms with Crippen molar-refractivity contribution in [3.8, 4) is 0 Å². The summed E-state index contributed by atoms with van der Waals surface area (Å²) in [6.45, 7) is 4.33. The number of hydrogen-bond acceptors (Lipinski definition) is 2. The molecule has 18 heavy (non-hydrogen) atoms. The summed E-state index contributed by atoms with van der Waals surface area (Å²) in [7, 11) is 0. The fourth-order valence-corrected chi connectivity index (χ4v) is 3.53. The lowest BCUT2D eigenvalue weighted by molar-refractivity contribution is 0.868. The van der Waals surface area contributed by atoms with E-state index in [9.17, 15) is 4.79 Å². The molecule has 0 unspecified atom stereocenters. The van der Waals surface area contributed by atoms with E-state index < -0.39 is 0 Å². The van der Waals surface area contributed by atoms with Crippen LogP contribution in [-0.4, -0.2) is 0 Å². The Morgan fingerprint density at radius 1 is 1.28 bits per heavy atom. The highest BCUT2D eigenvalue weighted by Gasteiger charge is 2.13. The minimum atomic E-state index is 0.241. The van der Waals surface area contributed by atoms with Gasteiger partial charge in [-0.25, -0.2) is 0 Å².